The number of carbonyl (C=O) groups is 3. The van der Waals surface area contributed by atoms with Gasteiger partial charge in [-0.15, -0.1) is 0 Å². The average molecular weight is 619 g/mol. The molecular formula is C15H29Br4N3O3. The van der Waals surface area contributed by atoms with E-state index in [1.807, 2.05) is 7.05 Å². The quantitative estimate of drug-likeness (QED) is 0.245. The van der Waals surface area contributed by atoms with E-state index in [0.29, 0.717) is 29.1 Å². The van der Waals surface area contributed by atoms with E-state index in [1.54, 1.807) is 23.9 Å². The van der Waals surface area contributed by atoms with E-state index in [0.717, 1.165) is 6.54 Å². The molecule has 0 rings (SSSR count). The fourth-order valence-electron chi connectivity index (χ4n) is 1.11. The van der Waals surface area contributed by atoms with Crippen molar-refractivity contribution in [2.75, 3.05) is 56.8 Å². The van der Waals surface area contributed by atoms with E-state index in [4.69, 9.17) is 0 Å². The summed E-state index contributed by atoms with van der Waals surface area (Å²) in [4.78, 5) is 35.1. The van der Waals surface area contributed by atoms with Gasteiger partial charge in [0.2, 0.25) is 16.5 Å². The third-order valence-electron chi connectivity index (χ3n) is 2.74. The van der Waals surface area contributed by atoms with Crippen molar-refractivity contribution in [1.82, 2.24) is 15.1 Å². The number of hydrogen-bond acceptors (Lipinski definition) is 4. The van der Waals surface area contributed by atoms with Crippen LogP contribution in [0.2, 0.25) is 0 Å². The molecule has 0 aromatic heterocycles. The van der Waals surface area contributed by atoms with Gasteiger partial charge in [0, 0.05) is 27.2 Å². The van der Waals surface area contributed by atoms with E-state index in [-0.39, 0.29) is 16.5 Å². The highest BCUT2D eigenvalue weighted by molar-refractivity contribution is 9.19. The highest BCUT2D eigenvalue weighted by Gasteiger charge is 2.10. The van der Waals surface area contributed by atoms with Gasteiger partial charge >= 0.3 is 0 Å². The molecular weight excluding hydrogens is 590 g/mol. The van der Waals surface area contributed by atoms with Crippen molar-refractivity contribution in [2.45, 2.75) is 19.8 Å². The number of alkyl halides is 3. The van der Waals surface area contributed by atoms with Crippen LogP contribution in [0.5, 0.6) is 0 Å². The molecule has 0 aromatic carbocycles. The summed E-state index contributed by atoms with van der Waals surface area (Å²) in [5.41, 5.74) is 0. The zero-order valence-corrected chi connectivity index (χ0v) is 21.6. The number of nitrogens with one attached hydrogen (secondary N) is 1. The van der Waals surface area contributed by atoms with Crippen molar-refractivity contribution in [3.8, 4) is 0 Å². The topological polar surface area (TPSA) is 69.7 Å². The minimum Gasteiger partial charge on any atom is -0.343 e. The maximum Gasteiger partial charge on any atom is 0.233 e. The zero-order chi connectivity index (χ0) is 20.3. The molecule has 0 aromatic rings. The van der Waals surface area contributed by atoms with Gasteiger partial charge in [-0.3, -0.25) is 14.4 Å². The normalized spacial score (nSPS) is 9.12. The lowest BCUT2D eigenvalue weighted by molar-refractivity contribution is -0.130. The first-order valence-electron chi connectivity index (χ1n) is 7.70. The van der Waals surface area contributed by atoms with Gasteiger partial charge in [-0.05, 0) is 35.9 Å². The van der Waals surface area contributed by atoms with Crippen LogP contribution in [0.1, 0.15) is 19.8 Å². The van der Waals surface area contributed by atoms with Gasteiger partial charge in [0.15, 0.2) is 0 Å². The fourth-order valence-corrected chi connectivity index (χ4v) is 1.96. The predicted octanol–water partition coefficient (Wildman–Crippen LogP) is 3.00. The van der Waals surface area contributed by atoms with E-state index in [9.17, 15) is 14.4 Å². The standard InChI is InChI=1S/C8H14Br2N2O2.C5H13N.C2H2Br2O/c1-11(7(13)5-9)3-4-12(2)8(14)6-10;1-3-4-5-6-2;3-1-2(4)5/h3-6H2,1-2H3;6H,3-5H2,1-2H3;1H2. The molecule has 0 spiro atoms. The van der Waals surface area contributed by atoms with Crippen molar-refractivity contribution < 1.29 is 14.4 Å². The van der Waals surface area contributed by atoms with Crippen molar-refractivity contribution in [1.29, 1.82) is 0 Å². The van der Waals surface area contributed by atoms with Crippen LogP contribution >= 0.6 is 63.7 Å². The number of hydrogen-bond donors (Lipinski definition) is 1. The van der Waals surface area contributed by atoms with E-state index >= 15 is 0 Å². The molecule has 0 aliphatic carbocycles. The van der Waals surface area contributed by atoms with Crippen LogP contribution in [0, 0.1) is 0 Å². The summed E-state index contributed by atoms with van der Waals surface area (Å²) in [5.74, 6) is 0.0365. The molecule has 1 N–H and O–H groups in total. The first-order valence-corrected chi connectivity index (χ1v) is 11.9. The number of unbranched alkanes of at least 4 members (excludes halogenated alkanes) is 1. The number of amides is 2. The summed E-state index contributed by atoms with van der Waals surface area (Å²) >= 11 is 11.8. The summed E-state index contributed by atoms with van der Waals surface area (Å²) in [6.45, 7) is 4.47. The Hall–Kier alpha value is 0.490. The molecule has 0 fully saturated rings. The highest BCUT2D eigenvalue weighted by atomic mass is 79.9. The highest BCUT2D eigenvalue weighted by Crippen LogP contribution is 1.94. The number of likely N-dealkylation sites (N-methyl/N-ethyl adjacent to an activating group) is 2. The third kappa shape index (κ3) is 24.5. The molecule has 10 heteroatoms. The first kappa shape index (κ1) is 30.2. The largest absolute Gasteiger partial charge is 0.343 e. The Balaban J connectivity index is -0.000000362. The van der Waals surface area contributed by atoms with Gasteiger partial charge in [-0.25, -0.2) is 0 Å². The molecule has 25 heavy (non-hydrogen) atoms. The second kappa shape index (κ2) is 22.5. The Kier molecular flexibility index (Phi) is 27.2. The Labute approximate surface area is 185 Å². The lowest BCUT2D eigenvalue weighted by atomic mass is 10.3. The Morgan fingerprint density at radius 3 is 1.40 bits per heavy atom. The van der Waals surface area contributed by atoms with Crippen molar-refractivity contribution in [3.63, 3.8) is 0 Å². The van der Waals surface area contributed by atoms with Gasteiger partial charge in [0.25, 0.3) is 0 Å². The summed E-state index contributed by atoms with van der Waals surface area (Å²) in [6.07, 6.45) is 2.59. The molecule has 0 saturated heterocycles. The molecule has 0 radical (unpaired) electrons. The summed E-state index contributed by atoms with van der Waals surface area (Å²) in [5, 5.41) is 4.10. The third-order valence-corrected chi connectivity index (χ3v) is 5.24. The molecule has 0 aliphatic rings. The molecule has 2 amide bonds. The van der Waals surface area contributed by atoms with Crippen LogP contribution in [-0.2, 0) is 14.4 Å². The fraction of sp³-hybridized carbons (Fsp3) is 0.800. The SMILES string of the molecule is CCCCNC.CN(CCN(C)C(=O)CBr)C(=O)CBr.O=C(Br)CBr. The minimum absolute atomic E-state index is 0.0162. The second-order valence-electron chi connectivity index (χ2n) is 4.84. The lowest BCUT2D eigenvalue weighted by Gasteiger charge is -2.21. The maximum atomic E-state index is 11.1. The summed E-state index contributed by atoms with van der Waals surface area (Å²) in [6, 6.07) is 0. The van der Waals surface area contributed by atoms with Crippen LogP contribution in [0.25, 0.3) is 0 Å². The summed E-state index contributed by atoms with van der Waals surface area (Å²) < 4.78 is -0.0162. The second-order valence-corrected chi connectivity index (χ2v) is 7.41. The monoisotopic (exact) mass is 615 g/mol. The first-order chi connectivity index (χ1) is 11.7. The van der Waals surface area contributed by atoms with Crippen LogP contribution in [-0.4, -0.2) is 83.1 Å². The smallest absolute Gasteiger partial charge is 0.233 e. The molecule has 0 heterocycles. The number of rotatable bonds is 9. The Bertz CT molecular complexity index is 335. The molecule has 0 atom stereocenters. The molecule has 0 unspecified atom stereocenters. The Morgan fingerprint density at radius 2 is 1.24 bits per heavy atom. The van der Waals surface area contributed by atoms with E-state index in [2.05, 4.69) is 76.0 Å². The predicted molar refractivity (Wildman–Crippen MR) is 119 cm³/mol. The van der Waals surface area contributed by atoms with Gasteiger partial charge < -0.3 is 15.1 Å². The van der Waals surface area contributed by atoms with Crippen molar-refractivity contribution in [3.05, 3.63) is 0 Å². The Morgan fingerprint density at radius 1 is 0.880 bits per heavy atom. The molecule has 0 saturated carbocycles. The number of carbonyl (C=O) groups excluding carboxylic acids is 3. The van der Waals surface area contributed by atoms with Crippen molar-refractivity contribution in [2.24, 2.45) is 0 Å². The van der Waals surface area contributed by atoms with E-state index in [1.165, 1.54) is 12.8 Å². The van der Waals surface area contributed by atoms with Gasteiger partial charge in [0.05, 0.1) is 16.0 Å². The maximum absolute atomic E-state index is 11.1. The average Bonchev–Trinajstić information content (AvgIpc) is 2.63. The van der Waals surface area contributed by atoms with Crippen LogP contribution in [0.15, 0.2) is 0 Å². The number of nitrogens with zero attached hydrogens (tertiary/aromatic N) is 2. The lowest BCUT2D eigenvalue weighted by Crippen LogP contribution is -2.38. The van der Waals surface area contributed by atoms with Crippen LogP contribution in [0.4, 0.5) is 0 Å². The van der Waals surface area contributed by atoms with Crippen molar-refractivity contribution >= 4 is 80.2 Å². The molecule has 0 aliphatic heterocycles. The van der Waals surface area contributed by atoms with Gasteiger partial charge in [-0.1, -0.05) is 61.1 Å². The van der Waals surface area contributed by atoms with Crippen LogP contribution < -0.4 is 5.32 Å². The van der Waals surface area contributed by atoms with Gasteiger partial charge in [0.1, 0.15) is 0 Å². The molecule has 6 nitrogen and oxygen atoms in total. The number of halogens is 4. The summed E-state index contributed by atoms with van der Waals surface area (Å²) in [7, 11) is 5.42. The minimum atomic E-state index is -0.0162. The molecule has 0 bridgehead atoms. The van der Waals surface area contributed by atoms with Crippen LogP contribution in [0.3, 0.4) is 0 Å². The molecule has 150 valence electrons. The zero-order valence-electron chi connectivity index (χ0n) is 15.3. The van der Waals surface area contributed by atoms with Gasteiger partial charge in [-0.2, -0.15) is 0 Å². The van der Waals surface area contributed by atoms with E-state index < -0.39 is 0 Å².